The van der Waals surface area contributed by atoms with Gasteiger partial charge in [-0.2, -0.15) is 0 Å². The zero-order valence-electron chi connectivity index (χ0n) is 21.7. The molecule has 0 unspecified atom stereocenters. The van der Waals surface area contributed by atoms with Gasteiger partial charge >= 0.3 is 0 Å². The Morgan fingerprint density at radius 3 is 2.35 bits per heavy atom. The largest absolute Gasteiger partial charge is 0.493 e. The first-order chi connectivity index (χ1) is 18.0. The van der Waals surface area contributed by atoms with Crippen molar-refractivity contribution in [1.29, 1.82) is 0 Å². The van der Waals surface area contributed by atoms with Gasteiger partial charge in [0, 0.05) is 26.2 Å². The van der Waals surface area contributed by atoms with E-state index in [1.165, 1.54) is 0 Å². The molecule has 8 heteroatoms. The number of hydrogen-bond acceptors (Lipinski definition) is 7. The maximum absolute atomic E-state index is 13.0. The van der Waals surface area contributed by atoms with Crippen molar-refractivity contribution in [2.75, 3.05) is 34.1 Å². The number of carbonyl (C=O) groups excluding carboxylic acids is 1. The van der Waals surface area contributed by atoms with Crippen LogP contribution in [0.25, 0.3) is 0 Å². The summed E-state index contributed by atoms with van der Waals surface area (Å²) in [7, 11) is 3.26. The van der Waals surface area contributed by atoms with Gasteiger partial charge in [0.05, 0.1) is 20.8 Å². The smallest absolute Gasteiger partial charge is 0.289 e. The molecule has 1 fully saturated rings. The molecule has 3 heterocycles. The lowest BCUT2D eigenvalue weighted by Gasteiger charge is -2.29. The van der Waals surface area contributed by atoms with Crippen molar-refractivity contribution < 1.29 is 28.2 Å². The van der Waals surface area contributed by atoms with E-state index in [1.807, 2.05) is 47.4 Å². The molecule has 0 N–H and O–H groups in total. The number of amides is 1. The van der Waals surface area contributed by atoms with Crippen LogP contribution in [0.15, 0.2) is 52.9 Å². The number of likely N-dealkylation sites (tertiary alicyclic amines) is 1. The van der Waals surface area contributed by atoms with Crippen molar-refractivity contribution in [2.45, 2.75) is 39.4 Å². The van der Waals surface area contributed by atoms with Gasteiger partial charge in [-0.3, -0.25) is 9.69 Å². The van der Waals surface area contributed by atoms with Crippen molar-refractivity contribution in [3.05, 3.63) is 71.2 Å². The highest BCUT2D eigenvalue weighted by atomic mass is 16.7. The third kappa shape index (κ3) is 5.85. The molecule has 1 saturated heterocycles. The molecule has 0 atom stereocenters. The maximum atomic E-state index is 13.0. The minimum Gasteiger partial charge on any atom is -0.493 e. The van der Waals surface area contributed by atoms with Crippen molar-refractivity contribution in [2.24, 2.45) is 5.92 Å². The Labute approximate surface area is 217 Å². The van der Waals surface area contributed by atoms with Gasteiger partial charge < -0.3 is 28.3 Å². The van der Waals surface area contributed by atoms with Gasteiger partial charge in [-0.25, -0.2) is 0 Å². The van der Waals surface area contributed by atoms with E-state index in [4.69, 9.17) is 23.4 Å². The number of methoxy groups -OCH3 is 2. The van der Waals surface area contributed by atoms with Crippen LogP contribution in [0.1, 0.15) is 47.2 Å². The highest BCUT2D eigenvalue weighted by Crippen LogP contribution is 2.33. The van der Waals surface area contributed by atoms with Crippen LogP contribution in [-0.2, 0) is 19.6 Å². The summed E-state index contributed by atoms with van der Waals surface area (Å²) >= 11 is 0. The van der Waals surface area contributed by atoms with Gasteiger partial charge in [0.25, 0.3) is 5.91 Å². The van der Waals surface area contributed by atoms with Crippen LogP contribution < -0.4 is 18.9 Å². The van der Waals surface area contributed by atoms with Gasteiger partial charge in [-0.1, -0.05) is 19.1 Å². The fourth-order valence-electron chi connectivity index (χ4n) is 4.87. The van der Waals surface area contributed by atoms with Crippen molar-refractivity contribution in [3.8, 4) is 23.0 Å². The number of piperidine rings is 1. The summed E-state index contributed by atoms with van der Waals surface area (Å²) in [5, 5.41) is 0. The van der Waals surface area contributed by atoms with E-state index in [0.717, 1.165) is 54.3 Å². The normalized spacial score (nSPS) is 15.3. The molecule has 2 aromatic carbocycles. The monoisotopic (exact) mass is 506 g/mol. The summed E-state index contributed by atoms with van der Waals surface area (Å²) in [6, 6.07) is 15.6. The van der Waals surface area contributed by atoms with Crippen LogP contribution in [0.3, 0.4) is 0 Å². The van der Waals surface area contributed by atoms with E-state index in [9.17, 15) is 4.79 Å². The molecule has 0 bridgehead atoms. The minimum absolute atomic E-state index is 0.0274. The van der Waals surface area contributed by atoms with Crippen LogP contribution in [-0.4, -0.2) is 49.8 Å². The molecule has 0 aliphatic carbocycles. The Kier molecular flexibility index (Phi) is 7.55. The molecule has 3 aromatic rings. The van der Waals surface area contributed by atoms with Gasteiger partial charge in [0.15, 0.2) is 28.8 Å². The van der Waals surface area contributed by atoms with Crippen molar-refractivity contribution in [1.82, 2.24) is 9.80 Å². The fourth-order valence-corrected chi connectivity index (χ4v) is 4.87. The summed E-state index contributed by atoms with van der Waals surface area (Å²) in [4.78, 5) is 17.2. The van der Waals surface area contributed by atoms with Crippen molar-refractivity contribution >= 4 is 5.91 Å². The lowest BCUT2D eigenvalue weighted by atomic mass is 9.99. The lowest BCUT2D eigenvalue weighted by Crippen LogP contribution is -2.37. The first-order valence-corrected chi connectivity index (χ1v) is 12.7. The van der Waals surface area contributed by atoms with E-state index < -0.39 is 0 Å². The molecular weight excluding hydrogens is 472 g/mol. The predicted octanol–water partition coefficient (Wildman–Crippen LogP) is 5.10. The van der Waals surface area contributed by atoms with Crippen molar-refractivity contribution in [3.63, 3.8) is 0 Å². The molecule has 0 saturated carbocycles. The van der Waals surface area contributed by atoms with Gasteiger partial charge in [-0.15, -0.1) is 0 Å². The molecule has 196 valence electrons. The highest BCUT2D eigenvalue weighted by Gasteiger charge is 2.24. The summed E-state index contributed by atoms with van der Waals surface area (Å²) < 4.78 is 28.0. The second-order valence-corrected chi connectivity index (χ2v) is 9.76. The number of hydrogen-bond donors (Lipinski definition) is 0. The molecular formula is C29H34N2O6. The van der Waals surface area contributed by atoms with E-state index in [0.29, 0.717) is 42.8 Å². The fraction of sp³-hybridized carbons (Fsp3) is 0.414. The highest BCUT2D eigenvalue weighted by molar-refractivity contribution is 5.91. The average Bonchev–Trinajstić information content (AvgIpc) is 3.58. The van der Waals surface area contributed by atoms with E-state index >= 15 is 0 Å². The summed E-state index contributed by atoms with van der Waals surface area (Å²) in [5.41, 5.74) is 2.17. The number of nitrogens with zero attached hydrogens (tertiary/aromatic N) is 2. The Balaban J connectivity index is 1.34. The zero-order valence-corrected chi connectivity index (χ0v) is 21.7. The van der Waals surface area contributed by atoms with Crippen LogP contribution in [0, 0.1) is 5.92 Å². The van der Waals surface area contributed by atoms with Crippen LogP contribution >= 0.6 is 0 Å². The zero-order chi connectivity index (χ0) is 25.8. The third-order valence-corrected chi connectivity index (χ3v) is 7.02. The number of benzene rings is 2. The van der Waals surface area contributed by atoms with E-state index in [2.05, 4.69) is 11.8 Å². The summed E-state index contributed by atoms with van der Waals surface area (Å²) in [5.74, 6) is 4.67. The van der Waals surface area contributed by atoms with E-state index in [1.54, 1.807) is 20.3 Å². The third-order valence-electron chi connectivity index (χ3n) is 7.02. The minimum atomic E-state index is -0.0274. The molecule has 1 amide bonds. The topological polar surface area (TPSA) is 73.6 Å². The summed E-state index contributed by atoms with van der Waals surface area (Å²) in [6.07, 6.45) is 2.07. The average molecular weight is 507 g/mol. The Hall–Kier alpha value is -3.65. The SMILES string of the molecule is COc1ccc(CN(Cc2ccc3c(c2)OCO3)Cc2ccc(C(=O)N3CCC(C)CC3)o2)cc1OC. The molecule has 5 rings (SSSR count). The number of ether oxygens (including phenoxy) is 4. The Bertz CT molecular complexity index is 1230. The van der Waals surface area contributed by atoms with Gasteiger partial charge in [0.1, 0.15) is 5.76 Å². The Morgan fingerprint density at radius 1 is 0.892 bits per heavy atom. The van der Waals surface area contributed by atoms with Crippen LogP contribution in [0.4, 0.5) is 0 Å². The second-order valence-electron chi connectivity index (χ2n) is 9.76. The molecule has 8 nitrogen and oxygen atoms in total. The first kappa shape index (κ1) is 25.0. The number of carbonyl (C=O) groups is 1. The summed E-state index contributed by atoms with van der Waals surface area (Å²) in [6.45, 7) is 5.87. The lowest BCUT2D eigenvalue weighted by molar-refractivity contribution is 0.0660. The molecule has 2 aliphatic heterocycles. The molecule has 0 spiro atoms. The molecule has 2 aliphatic rings. The standard InChI is InChI=1S/C29H34N2O6/c1-20-10-12-31(13-11-20)29(32)26-9-6-23(37-26)18-30(16-21-4-7-24(33-2)27(14-21)34-3)17-22-5-8-25-28(15-22)36-19-35-25/h4-9,14-15,20H,10-13,16-19H2,1-3H3. The first-order valence-electron chi connectivity index (χ1n) is 12.7. The Morgan fingerprint density at radius 2 is 1.59 bits per heavy atom. The van der Waals surface area contributed by atoms with Gasteiger partial charge in [0.2, 0.25) is 6.79 Å². The van der Waals surface area contributed by atoms with Crippen LogP contribution in [0.5, 0.6) is 23.0 Å². The molecule has 37 heavy (non-hydrogen) atoms. The quantitative estimate of drug-likeness (QED) is 0.400. The van der Waals surface area contributed by atoms with E-state index in [-0.39, 0.29) is 12.7 Å². The second kappa shape index (κ2) is 11.2. The molecule has 0 radical (unpaired) electrons. The number of furan rings is 1. The predicted molar refractivity (Wildman–Crippen MR) is 138 cm³/mol. The van der Waals surface area contributed by atoms with Gasteiger partial charge in [-0.05, 0) is 66.3 Å². The molecule has 1 aromatic heterocycles. The number of rotatable bonds is 9. The number of fused-ring (bicyclic) bond motifs is 1. The maximum Gasteiger partial charge on any atom is 0.289 e. The van der Waals surface area contributed by atoms with Crippen LogP contribution in [0.2, 0.25) is 0 Å².